The fourth-order valence-corrected chi connectivity index (χ4v) is 10.3. The molecule has 0 fully saturated rings. The molecular formula is C54H44N2. The number of para-hydroxylation sites is 1. The van der Waals surface area contributed by atoms with Gasteiger partial charge in [0.25, 0.3) is 0 Å². The van der Waals surface area contributed by atoms with Gasteiger partial charge in [-0.05, 0) is 123 Å². The van der Waals surface area contributed by atoms with Crippen molar-refractivity contribution in [1.82, 2.24) is 4.57 Å². The zero-order valence-electron chi connectivity index (χ0n) is 32.5. The van der Waals surface area contributed by atoms with Crippen LogP contribution in [0.3, 0.4) is 0 Å². The normalized spacial score (nSPS) is 15.9. The topological polar surface area (TPSA) is 8.17 Å². The van der Waals surface area contributed by atoms with Crippen LogP contribution < -0.4 is 4.90 Å². The number of aromatic nitrogens is 1. The summed E-state index contributed by atoms with van der Waals surface area (Å²) in [6.07, 6.45) is 6.67. The first-order chi connectivity index (χ1) is 27.3. The number of allylic oxidation sites excluding steroid dienone is 4. The Labute approximate surface area is 329 Å². The van der Waals surface area contributed by atoms with E-state index >= 15 is 0 Å². The monoisotopic (exact) mass is 720 g/mol. The molecule has 270 valence electrons. The Morgan fingerprint density at radius 1 is 0.500 bits per heavy atom. The van der Waals surface area contributed by atoms with Gasteiger partial charge in [-0.3, -0.25) is 0 Å². The lowest BCUT2D eigenvalue weighted by molar-refractivity contribution is 0.660. The summed E-state index contributed by atoms with van der Waals surface area (Å²) in [5, 5.41) is 3.87. The van der Waals surface area contributed by atoms with Crippen molar-refractivity contribution < 1.29 is 0 Å². The van der Waals surface area contributed by atoms with Crippen LogP contribution in [0, 0.1) is 0 Å². The first kappa shape index (κ1) is 33.0. The van der Waals surface area contributed by atoms with E-state index in [0.717, 1.165) is 12.8 Å². The number of benzene rings is 7. The van der Waals surface area contributed by atoms with Gasteiger partial charge in [0.15, 0.2) is 0 Å². The predicted octanol–water partition coefficient (Wildman–Crippen LogP) is 14.3. The largest absolute Gasteiger partial charge is 0.314 e. The van der Waals surface area contributed by atoms with Gasteiger partial charge in [0.05, 0.1) is 11.2 Å². The molecule has 7 aromatic carbocycles. The smallest absolute Gasteiger partial charge is 0.0585 e. The van der Waals surface area contributed by atoms with Crippen LogP contribution in [0.15, 0.2) is 176 Å². The van der Waals surface area contributed by atoms with E-state index in [0.29, 0.717) is 0 Å². The van der Waals surface area contributed by atoms with Crippen LogP contribution in [0.25, 0.3) is 55.3 Å². The molecule has 2 nitrogen and oxygen atoms in total. The second-order valence-electron chi connectivity index (χ2n) is 16.9. The summed E-state index contributed by atoms with van der Waals surface area (Å²) >= 11 is 0. The van der Waals surface area contributed by atoms with Gasteiger partial charge in [-0.15, -0.1) is 0 Å². The minimum atomic E-state index is -0.124. The van der Waals surface area contributed by atoms with Crippen LogP contribution in [0.1, 0.15) is 68.4 Å². The molecule has 1 aromatic heterocycles. The quantitative estimate of drug-likeness (QED) is 0.172. The van der Waals surface area contributed by atoms with Gasteiger partial charge >= 0.3 is 0 Å². The van der Waals surface area contributed by atoms with Crippen LogP contribution in [0.2, 0.25) is 0 Å². The molecule has 0 unspecified atom stereocenters. The Balaban J connectivity index is 1.03. The summed E-state index contributed by atoms with van der Waals surface area (Å²) in [6.45, 7) is 9.54. The SMILES string of the molecule is CC1(C)c2ccccc2-c2ccc(N(C3=CC=C(c4ccc5c(c4)c4c(n5-c5ccc6ccccc6c5)-c5ccccc5C4(C)C)CC3)c3ccccc3)cc21. The van der Waals surface area contributed by atoms with Crippen molar-refractivity contribution >= 4 is 38.6 Å². The molecule has 0 N–H and O–H groups in total. The van der Waals surface area contributed by atoms with Gasteiger partial charge in [-0.2, -0.15) is 0 Å². The fraction of sp³-hybridized carbons (Fsp3) is 0.148. The zero-order valence-corrected chi connectivity index (χ0v) is 32.5. The first-order valence-electron chi connectivity index (χ1n) is 20.1. The highest BCUT2D eigenvalue weighted by Gasteiger charge is 2.41. The molecule has 8 aromatic rings. The van der Waals surface area contributed by atoms with Crippen LogP contribution in [-0.2, 0) is 10.8 Å². The van der Waals surface area contributed by atoms with E-state index in [4.69, 9.17) is 0 Å². The number of rotatable bonds is 5. The maximum atomic E-state index is 2.52. The van der Waals surface area contributed by atoms with E-state index < -0.39 is 0 Å². The molecule has 0 amide bonds. The molecule has 0 saturated carbocycles. The third-order valence-electron chi connectivity index (χ3n) is 13.1. The minimum Gasteiger partial charge on any atom is -0.314 e. The molecular weight excluding hydrogens is 677 g/mol. The molecule has 3 aliphatic carbocycles. The summed E-state index contributed by atoms with van der Waals surface area (Å²) in [7, 11) is 0. The Kier molecular flexibility index (Phi) is 7.11. The molecule has 3 aliphatic rings. The van der Waals surface area contributed by atoms with Crippen molar-refractivity contribution in [2.75, 3.05) is 4.90 Å². The molecule has 2 heteroatoms. The summed E-state index contributed by atoms with van der Waals surface area (Å²) in [6, 6.07) is 58.7. The second kappa shape index (κ2) is 12.1. The lowest BCUT2D eigenvalue weighted by Gasteiger charge is -2.31. The Morgan fingerprint density at radius 2 is 1.20 bits per heavy atom. The molecule has 0 radical (unpaired) electrons. The molecule has 11 rings (SSSR count). The predicted molar refractivity (Wildman–Crippen MR) is 236 cm³/mol. The van der Waals surface area contributed by atoms with Gasteiger partial charge in [0.1, 0.15) is 0 Å². The van der Waals surface area contributed by atoms with Gasteiger partial charge in [-0.1, -0.05) is 143 Å². The molecule has 0 spiro atoms. The van der Waals surface area contributed by atoms with Crippen LogP contribution in [0.5, 0.6) is 0 Å². The lowest BCUT2D eigenvalue weighted by atomic mass is 9.81. The van der Waals surface area contributed by atoms with E-state index in [1.54, 1.807) is 0 Å². The molecule has 1 heterocycles. The van der Waals surface area contributed by atoms with Gasteiger partial charge in [0, 0.05) is 44.5 Å². The first-order valence-corrected chi connectivity index (χ1v) is 20.1. The average molecular weight is 721 g/mol. The van der Waals surface area contributed by atoms with E-state index in [-0.39, 0.29) is 10.8 Å². The summed E-state index contributed by atoms with van der Waals surface area (Å²) in [4.78, 5) is 2.48. The average Bonchev–Trinajstić information content (AvgIpc) is 3.79. The number of hydrogen-bond donors (Lipinski definition) is 0. The Bertz CT molecular complexity index is 2970. The van der Waals surface area contributed by atoms with Crippen molar-refractivity contribution in [2.24, 2.45) is 0 Å². The third-order valence-corrected chi connectivity index (χ3v) is 13.1. The summed E-state index contributed by atoms with van der Waals surface area (Å²) < 4.78 is 2.52. The molecule has 0 aliphatic heterocycles. The van der Waals surface area contributed by atoms with E-state index in [9.17, 15) is 0 Å². The standard InChI is InChI=1S/C54H44N2/c1-53(2)47-20-12-10-18-43(47)44-30-29-42(34-49(44)53)55(39-16-6-5-7-17-39)40-26-22-36(23-27-40)38-25-31-50-46(33-38)51-52(45-19-11-13-21-48(45)54(51,3)4)56(50)41-28-24-35-14-8-9-15-37(35)32-41/h5-22,24-26,28-34H,23,27H2,1-4H3. The van der Waals surface area contributed by atoms with Crippen molar-refractivity contribution in [1.29, 1.82) is 0 Å². The maximum absolute atomic E-state index is 2.52. The van der Waals surface area contributed by atoms with Crippen LogP contribution in [0.4, 0.5) is 11.4 Å². The van der Waals surface area contributed by atoms with Gasteiger partial charge in [0.2, 0.25) is 0 Å². The summed E-state index contributed by atoms with van der Waals surface area (Å²) in [5.74, 6) is 0. The second-order valence-corrected chi connectivity index (χ2v) is 16.9. The number of hydrogen-bond acceptors (Lipinski definition) is 1. The highest BCUT2D eigenvalue weighted by atomic mass is 15.1. The number of anilines is 2. The third kappa shape index (κ3) is 4.75. The van der Waals surface area contributed by atoms with Crippen LogP contribution in [-0.4, -0.2) is 4.57 Å². The summed E-state index contributed by atoms with van der Waals surface area (Å²) in [5.41, 5.74) is 19.7. The molecule has 0 bridgehead atoms. The maximum Gasteiger partial charge on any atom is 0.0585 e. The molecule has 56 heavy (non-hydrogen) atoms. The molecule has 0 atom stereocenters. The van der Waals surface area contributed by atoms with Crippen molar-refractivity contribution in [3.63, 3.8) is 0 Å². The van der Waals surface area contributed by atoms with Gasteiger partial charge in [-0.25, -0.2) is 0 Å². The molecule has 0 saturated heterocycles. The lowest BCUT2D eigenvalue weighted by Crippen LogP contribution is -2.20. The van der Waals surface area contributed by atoms with Crippen molar-refractivity contribution in [2.45, 2.75) is 51.4 Å². The van der Waals surface area contributed by atoms with E-state index in [1.807, 2.05) is 0 Å². The number of fused-ring (bicyclic) bond motifs is 9. The van der Waals surface area contributed by atoms with Crippen molar-refractivity contribution in [3.8, 4) is 28.1 Å². The van der Waals surface area contributed by atoms with E-state index in [1.165, 1.54) is 100 Å². The fourth-order valence-electron chi connectivity index (χ4n) is 10.3. The van der Waals surface area contributed by atoms with Gasteiger partial charge < -0.3 is 9.47 Å². The van der Waals surface area contributed by atoms with Crippen molar-refractivity contribution in [3.05, 3.63) is 203 Å². The Hall–Kier alpha value is -6.38. The van der Waals surface area contributed by atoms with E-state index in [2.05, 4.69) is 207 Å². The number of nitrogens with zero attached hydrogens (tertiary/aromatic N) is 2. The highest BCUT2D eigenvalue weighted by Crippen LogP contribution is 2.54. The highest BCUT2D eigenvalue weighted by molar-refractivity contribution is 6.01. The van der Waals surface area contributed by atoms with Crippen LogP contribution >= 0.6 is 0 Å². The Morgan fingerprint density at radius 3 is 1.98 bits per heavy atom. The zero-order chi connectivity index (χ0) is 37.8. The minimum absolute atomic E-state index is 0.0552.